The van der Waals surface area contributed by atoms with Gasteiger partial charge in [-0.2, -0.15) is 0 Å². The first-order chi connectivity index (χ1) is 13.9. The molecule has 0 amide bonds. The molecule has 0 saturated heterocycles. The van der Waals surface area contributed by atoms with Crippen LogP contribution in [0.25, 0.3) is 0 Å². The fraction of sp³-hybridized carbons (Fsp3) is 0.308. The molecule has 4 heteroatoms. The standard InChI is InChI=1S/C26H32N4/c1-25(2,3)17-7-11-19(12-8-17)29-23-16-24(22(28)15-21(23)27)30-20-13-9-18(10-14-20)26(4,5)6/h7-16,27,29H,28H2,1-6H3. The summed E-state index contributed by atoms with van der Waals surface area (Å²) in [6.07, 6.45) is 3.49. The SMILES string of the molecule is CC(C)(C)c1ccc(N=C2C=C(Nc3ccc(C(C)(C)C)cc3)C(=N)C=C2N)cc1. The molecule has 0 aromatic heterocycles. The minimum atomic E-state index is 0.101. The van der Waals surface area contributed by atoms with Crippen LogP contribution in [0.3, 0.4) is 0 Å². The quantitative estimate of drug-likeness (QED) is 0.535. The highest BCUT2D eigenvalue weighted by molar-refractivity contribution is 6.23. The van der Waals surface area contributed by atoms with E-state index in [0.717, 1.165) is 11.4 Å². The Morgan fingerprint density at radius 1 is 0.767 bits per heavy atom. The maximum atomic E-state index is 8.29. The van der Waals surface area contributed by atoms with Crippen molar-refractivity contribution in [2.75, 3.05) is 5.32 Å². The molecule has 0 unspecified atom stereocenters. The molecule has 0 radical (unpaired) electrons. The summed E-state index contributed by atoms with van der Waals surface area (Å²) >= 11 is 0. The van der Waals surface area contributed by atoms with Crippen LogP contribution in [0, 0.1) is 5.41 Å². The van der Waals surface area contributed by atoms with Gasteiger partial charge in [0.15, 0.2) is 0 Å². The van der Waals surface area contributed by atoms with Crippen molar-refractivity contribution in [3.8, 4) is 0 Å². The fourth-order valence-electron chi connectivity index (χ4n) is 3.19. The molecule has 0 bridgehead atoms. The lowest BCUT2D eigenvalue weighted by molar-refractivity contribution is 0.590. The van der Waals surface area contributed by atoms with Crippen LogP contribution in [-0.2, 0) is 10.8 Å². The Hall–Kier alpha value is -3.14. The van der Waals surface area contributed by atoms with Crippen LogP contribution < -0.4 is 11.1 Å². The van der Waals surface area contributed by atoms with Crippen LogP contribution in [0.5, 0.6) is 0 Å². The molecule has 30 heavy (non-hydrogen) atoms. The first-order valence-electron chi connectivity index (χ1n) is 10.3. The van der Waals surface area contributed by atoms with Crippen molar-refractivity contribution in [2.45, 2.75) is 52.4 Å². The zero-order chi connectivity index (χ0) is 22.1. The summed E-state index contributed by atoms with van der Waals surface area (Å²) in [5.74, 6) is 0. The van der Waals surface area contributed by atoms with Crippen LogP contribution in [0.4, 0.5) is 11.4 Å². The number of benzene rings is 2. The van der Waals surface area contributed by atoms with Crippen molar-refractivity contribution in [1.82, 2.24) is 0 Å². The summed E-state index contributed by atoms with van der Waals surface area (Å²) in [4.78, 5) is 4.71. The number of nitrogens with zero attached hydrogens (tertiary/aromatic N) is 1. The van der Waals surface area contributed by atoms with Gasteiger partial charge < -0.3 is 11.1 Å². The molecule has 0 spiro atoms. The van der Waals surface area contributed by atoms with Gasteiger partial charge in [-0.3, -0.25) is 5.41 Å². The van der Waals surface area contributed by atoms with Gasteiger partial charge in [0, 0.05) is 5.69 Å². The maximum Gasteiger partial charge on any atom is 0.0888 e. The Kier molecular flexibility index (Phi) is 5.71. The normalized spacial score (nSPS) is 16.3. The molecule has 1 aliphatic rings. The monoisotopic (exact) mass is 400 g/mol. The molecule has 0 aliphatic heterocycles. The van der Waals surface area contributed by atoms with Gasteiger partial charge in [-0.05, 0) is 58.4 Å². The Morgan fingerprint density at radius 3 is 1.77 bits per heavy atom. The first kappa shape index (κ1) is 21.6. The van der Waals surface area contributed by atoms with Gasteiger partial charge in [0.1, 0.15) is 0 Å². The average Bonchev–Trinajstić information content (AvgIpc) is 2.65. The van der Waals surface area contributed by atoms with E-state index < -0.39 is 0 Å². The molecule has 2 aromatic rings. The van der Waals surface area contributed by atoms with E-state index in [-0.39, 0.29) is 10.8 Å². The number of nitrogens with two attached hydrogens (primary N) is 1. The number of hydrogen-bond donors (Lipinski definition) is 3. The molecular formula is C26H32N4. The topological polar surface area (TPSA) is 74.3 Å². The number of aliphatic imine (C=N–C) groups is 1. The summed E-state index contributed by atoms with van der Waals surface area (Å²) in [6, 6.07) is 16.5. The Labute approximate surface area is 180 Å². The van der Waals surface area contributed by atoms with E-state index in [1.54, 1.807) is 6.08 Å². The van der Waals surface area contributed by atoms with Crippen molar-refractivity contribution in [1.29, 1.82) is 5.41 Å². The average molecular weight is 401 g/mol. The third kappa shape index (κ3) is 5.07. The van der Waals surface area contributed by atoms with Crippen LogP contribution in [0.15, 0.2) is 77.1 Å². The summed E-state index contributed by atoms with van der Waals surface area (Å²) in [7, 11) is 0. The number of nitrogens with one attached hydrogen (secondary N) is 2. The van der Waals surface area contributed by atoms with Crippen molar-refractivity contribution >= 4 is 22.8 Å². The van der Waals surface area contributed by atoms with Crippen LogP contribution in [0.2, 0.25) is 0 Å². The van der Waals surface area contributed by atoms with E-state index in [1.807, 2.05) is 30.3 Å². The summed E-state index contributed by atoms with van der Waals surface area (Å²) in [6.45, 7) is 13.2. The number of hydrogen-bond acceptors (Lipinski definition) is 4. The largest absolute Gasteiger partial charge is 0.397 e. The highest BCUT2D eigenvalue weighted by atomic mass is 14.9. The molecular weight excluding hydrogens is 368 g/mol. The minimum absolute atomic E-state index is 0.101. The second-order valence-corrected chi connectivity index (χ2v) is 9.82. The lowest BCUT2D eigenvalue weighted by atomic mass is 9.87. The van der Waals surface area contributed by atoms with E-state index in [2.05, 4.69) is 71.1 Å². The van der Waals surface area contributed by atoms with E-state index >= 15 is 0 Å². The van der Waals surface area contributed by atoms with Gasteiger partial charge in [-0.1, -0.05) is 65.8 Å². The fourth-order valence-corrected chi connectivity index (χ4v) is 3.19. The number of anilines is 1. The smallest absolute Gasteiger partial charge is 0.0888 e. The zero-order valence-corrected chi connectivity index (χ0v) is 18.8. The van der Waals surface area contributed by atoms with Crippen molar-refractivity contribution < 1.29 is 0 Å². The van der Waals surface area contributed by atoms with E-state index in [0.29, 0.717) is 22.8 Å². The highest BCUT2D eigenvalue weighted by Gasteiger charge is 2.17. The van der Waals surface area contributed by atoms with Gasteiger partial charge >= 0.3 is 0 Å². The lowest BCUT2D eigenvalue weighted by Gasteiger charge is -2.20. The molecule has 0 heterocycles. The molecule has 2 aromatic carbocycles. The van der Waals surface area contributed by atoms with Crippen molar-refractivity contribution in [2.24, 2.45) is 10.7 Å². The zero-order valence-electron chi connectivity index (χ0n) is 18.8. The predicted molar refractivity (Wildman–Crippen MR) is 129 cm³/mol. The summed E-state index contributed by atoms with van der Waals surface area (Å²) in [5.41, 5.74) is 12.8. The molecule has 1 aliphatic carbocycles. The molecule has 4 N–H and O–H groups in total. The van der Waals surface area contributed by atoms with E-state index in [9.17, 15) is 0 Å². The molecule has 4 nitrogen and oxygen atoms in total. The second-order valence-electron chi connectivity index (χ2n) is 9.82. The minimum Gasteiger partial charge on any atom is -0.397 e. The molecule has 0 saturated carbocycles. The molecule has 3 rings (SSSR count). The summed E-state index contributed by atoms with van der Waals surface area (Å²) in [5, 5.41) is 11.6. The van der Waals surface area contributed by atoms with E-state index in [1.165, 1.54) is 11.1 Å². The van der Waals surface area contributed by atoms with Gasteiger partial charge in [-0.15, -0.1) is 0 Å². The first-order valence-corrected chi connectivity index (χ1v) is 10.3. The number of rotatable bonds is 3. The van der Waals surface area contributed by atoms with Crippen LogP contribution >= 0.6 is 0 Å². The molecule has 156 valence electrons. The highest BCUT2D eigenvalue weighted by Crippen LogP contribution is 2.26. The predicted octanol–water partition coefficient (Wildman–Crippen LogP) is 6.23. The van der Waals surface area contributed by atoms with Gasteiger partial charge in [0.05, 0.1) is 28.5 Å². The molecule has 0 fully saturated rings. The summed E-state index contributed by atoms with van der Waals surface area (Å²) < 4.78 is 0. The number of allylic oxidation sites excluding steroid dienone is 2. The van der Waals surface area contributed by atoms with E-state index in [4.69, 9.17) is 16.1 Å². The Morgan fingerprint density at radius 2 is 1.27 bits per heavy atom. The van der Waals surface area contributed by atoms with Crippen LogP contribution in [0.1, 0.15) is 52.7 Å². The maximum absolute atomic E-state index is 8.29. The van der Waals surface area contributed by atoms with Crippen molar-refractivity contribution in [3.63, 3.8) is 0 Å². The van der Waals surface area contributed by atoms with Crippen LogP contribution in [-0.4, -0.2) is 11.4 Å². The van der Waals surface area contributed by atoms with Gasteiger partial charge in [-0.25, -0.2) is 4.99 Å². The Bertz CT molecular complexity index is 1020. The third-order valence-electron chi connectivity index (χ3n) is 5.18. The van der Waals surface area contributed by atoms with Gasteiger partial charge in [0.25, 0.3) is 0 Å². The lowest BCUT2D eigenvalue weighted by Crippen LogP contribution is -2.22. The van der Waals surface area contributed by atoms with Gasteiger partial charge in [0.2, 0.25) is 0 Å². The molecule has 0 atom stereocenters. The second kappa shape index (κ2) is 7.94. The van der Waals surface area contributed by atoms with Crippen molar-refractivity contribution in [3.05, 3.63) is 83.2 Å². The Balaban J connectivity index is 1.85. The third-order valence-corrected chi connectivity index (χ3v) is 5.18.